The highest BCUT2D eigenvalue weighted by molar-refractivity contribution is 7.98. The first-order valence-electron chi connectivity index (χ1n) is 8.27. The molecule has 0 heterocycles. The monoisotopic (exact) mass is 448 g/mol. The molecule has 0 atom stereocenters. The Kier molecular flexibility index (Phi) is 7.40. The summed E-state index contributed by atoms with van der Waals surface area (Å²) in [5.74, 6) is 0.489. The van der Waals surface area contributed by atoms with Crippen LogP contribution in [-0.4, -0.2) is 12.1 Å². The van der Waals surface area contributed by atoms with Gasteiger partial charge in [0, 0.05) is 26.8 Å². The Labute approximate surface area is 182 Å². The lowest BCUT2D eigenvalue weighted by atomic mass is 10.1. The minimum absolute atomic E-state index is 0.309. The van der Waals surface area contributed by atoms with Crippen molar-refractivity contribution in [3.63, 3.8) is 0 Å². The minimum Gasteiger partial charge on any atom is -0.267 e. The summed E-state index contributed by atoms with van der Waals surface area (Å²) in [5.41, 5.74) is 4.67. The number of nitrogens with one attached hydrogen (secondary N) is 1. The van der Waals surface area contributed by atoms with Gasteiger partial charge in [0.1, 0.15) is 0 Å². The van der Waals surface area contributed by atoms with Crippen LogP contribution >= 0.6 is 46.6 Å². The first kappa shape index (κ1) is 20.7. The quantitative estimate of drug-likeness (QED) is 0.258. The standard InChI is InChI=1S/C21H15Cl3N2OS/c22-16-8-10-17(11-9-16)28-13-14-4-6-15(7-5-14)21(27)26-25-12-18-19(23)2-1-3-20(18)24/h1-12H,13H2,(H,26,27)/b25-12-. The Balaban J connectivity index is 1.56. The van der Waals surface area contributed by atoms with Crippen molar-refractivity contribution in [2.75, 3.05) is 0 Å². The molecule has 3 aromatic carbocycles. The molecule has 3 nitrogen and oxygen atoms in total. The molecule has 7 heteroatoms. The highest BCUT2D eigenvalue weighted by Crippen LogP contribution is 2.24. The van der Waals surface area contributed by atoms with Gasteiger partial charge in [-0.3, -0.25) is 4.79 Å². The summed E-state index contributed by atoms with van der Waals surface area (Å²) in [4.78, 5) is 13.4. The van der Waals surface area contributed by atoms with Gasteiger partial charge >= 0.3 is 0 Å². The SMILES string of the molecule is O=C(N/N=C\c1c(Cl)cccc1Cl)c1ccc(CSc2ccc(Cl)cc2)cc1. The van der Waals surface area contributed by atoms with E-state index in [1.54, 1.807) is 42.1 Å². The van der Waals surface area contributed by atoms with Gasteiger partial charge in [0.05, 0.1) is 16.3 Å². The number of carbonyl (C=O) groups excluding carboxylic acids is 1. The third-order valence-electron chi connectivity index (χ3n) is 3.79. The molecule has 3 rings (SSSR count). The summed E-state index contributed by atoms with van der Waals surface area (Å²) < 4.78 is 0. The van der Waals surface area contributed by atoms with E-state index in [-0.39, 0.29) is 5.91 Å². The maximum atomic E-state index is 12.2. The third-order valence-corrected chi connectivity index (χ3v) is 5.79. The first-order chi connectivity index (χ1) is 13.5. The van der Waals surface area contributed by atoms with Gasteiger partial charge in [0.2, 0.25) is 0 Å². The first-order valence-corrected chi connectivity index (χ1v) is 10.4. The van der Waals surface area contributed by atoms with Crippen LogP contribution in [0, 0.1) is 0 Å². The van der Waals surface area contributed by atoms with Gasteiger partial charge in [-0.1, -0.05) is 53.0 Å². The summed E-state index contributed by atoms with van der Waals surface area (Å²) in [6.45, 7) is 0. The number of halogens is 3. The zero-order chi connectivity index (χ0) is 19.9. The number of benzene rings is 3. The van der Waals surface area contributed by atoms with Gasteiger partial charge in [-0.05, 0) is 54.1 Å². The molecule has 1 N–H and O–H groups in total. The van der Waals surface area contributed by atoms with Crippen molar-refractivity contribution in [1.29, 1.82) is 0 Å². The Morgan fingerprint density at radius 2 is 1.57 bits per heavy atom. The number of rotatable bonds is 6. The van der Waals surface area contributed by atoms with E-state index in [2.05, 4.69) is 10.5 Å². The second-order valence-corrected chi connectivity index (χ2v) is 8.07. The van der Waals surface area contributed by atoms with E-state index >= 15 is 0 Å². The van der Waals surface area contributed by atoms with Crippen LogP contribution in [0.5, 0.6) is 0 Å². The van der Waals surface area contributed by atoms with Crippen molar-refractivity contribution >= 4 is 58.7 Å². The molecule has 0 aromatic heterocycles. The van der Waals surface area contributed by atoms with Crippen LogP contribution in [-0.2, 0) is 5.75 Å². The van der Waals surface area contributed by atoms with Gasteiger partial charge in [-0.2, -0.15) is 5.10 Å². The van der Waals surface area contributed by atoms with Crippen LogP contribution in [0.4, 0.5) is 0 Å². The van der Waals surface area contributed by atoms with Crippen molar-refractivity contribution in [1.82, 2.24) is 5.43 Å². The van der Waals surface area contributed by atoms with Crippen molar-refractivity contribution in [3.05, 3.63) is 98.5 Å². The average Bonchev–Trinajstić information content (AvgIpc) is 2.70. The second-order valence-electron chi connectivity index (χ2n) is 5.77. The van der Waals surface area contributed by atoms with E-state index in [1.807, 2.05) is 36.4 Å². The van der Waals surface area contributed by atoms with Gasteiger partial charge < -0.3 is 0 Å². The molecule has 142 valence electrons. The molecule has 0 aliphatic carbocycles. The van der Waals surface area contributed by atoms with E-state index in [0.29, 0.717) is 21.2 Å². The number of amides is 1. The molecule has 0 unspecified atom stereocenters. The Bertz CT molecular complexity index is 969. The number of nitrogens with zero attached hydrogens (tertiary/aromatic N) is 1. The third kappa shape index (κ3) is 5.76. The molecule has 0 saturated carbocycles. The molecule has 0 saturated heterocycles. The molecule has 28 heavy (non-hydrogen) atoms. The molecular weight excluding hydrogens is 435 g/mol. The maximum Gasteiger partial charge on any atom is 0.271 e. The zero-order valence-corrected chi connectivity index (χ0v) is 17.6. The second kappa shape index (κ2) is 9.99. The summed E-state index contributed by atoms with van der Waals surface area (Å²) in [6.07, 6.45) is 1.43. The Morgan fingerprint density at radius 1 is 0.929 bits per heavy atom. The number of thioether (sulfide) groups is 1. The van der Waals surface area contributed by atoms with Crippen LogP contribution in [0.2, 0.25) is 15.1 Å². The van der Waals surface area contributed by atoms with Gasteiger partial charge in [-0.15, -0.1) is 11.8 Å². The Hall–Kier alpha value is -1.98. The summed E-state index contributed by atoms with van der Waals surface area (Å²) >= 11 is 19.7. The molecule has 0 spiro atoms. The lowest BCUT2D eigenvalue weighted by molar-refractivity contribution is 0.0955. The van der Waals surface area contributed by atoms with Crippen LogP contribution < -0.4 is 5.43 Å². The summed E-state index contributed by atoms with van der Waals surface area (Å²) in [7, 11) is 0. The predicted octanol–water partition coefficient (Wildman–Crippen LogP) is 6.70. The fraction of sp³-hybridized carbons (Fsp3) is 0.0476. The number of carbonyl (C=O) groups is 1. The summed E-state index contributed by atoms with van der Waals surface area (Å²) in [6, 6.07) is 20.2. The van der Waals surface area contributed by atoms with Gasteiger partial charge in [-0.25, -0.2) is 5.43 Å². The predicted molar refractivity (Wildman–Crippen MR) is 119 cm³/mol. The zero-order valence-electron chi connectivity index (χ0n) is 14.5. The van der Waals surface area contributed by atoms with E-state index in [9.17, 15) is 4.79 Å². The smallest absolute Gasteiger partial charge is 0.267 e. The van der Waals surface area contributed by atoms with Gasteiger partial charge in [0.15, 0.2) is 0 Å². The van der Waals surface area contributed by atoms with Crippen molar-refractivity contribution in [2.45, 2.75) is 10.6 Å². The molecule has 0 aliphatic rings. The van der Waals surface area contributed by atoms with Crippen molar-refractivity contribution in [3.8, 4) is 0 Å². The lowest BCUT2D eigenvalue weighted by Gasteiger charge is -2.05. The van der Waals surface area contributed by atoms with Crippen LogP contribution in [0.15, 0.2) is 76.7 Å². The van der Waals surface area contributed by atoms with Crippen LogP contribution in [0.25, 0.3) is 0 Å². The van der Waals surface area contributed by atoms with E-state index < -0.39 is 0 Å². The minimum atomic E-state index is -0.309. The fourth-order valence-corrected chi connectivity index (χ4v) is 3.78. The van der Waals surface area contributed by atoms with Crippen LogP contribution in [0.1, 0.15) is 21.5 Å². The molecular formula is C21H15Cl3N2OS. The average molecular weight is 450 g/mol. The largest absolute Gasteiger partial charge is 0.271 e. The molecule has 0 aliphatic heterocycles. The van der Waals surface area contributed by atoms with Gasteiger partial charge in [0.25, 0.3) is 5.91 Å². The Morgan fingerprint density at radius 3 is 2.21 bits per heavy atom. The number of hydrazone groups is 1. The van der Waals surface area contributed by atoms with Crippen molar-refractivity contribution in [2.24, 2.45) is 5.10 Å². The highest BCUT2D eigenvalue weighted by Gasteiger charge is 2.06. The van der Waals surface area contributed by atoms with E-state index in [4.69, 9.17) is 34.8 Å². The number of hydrogen-bond donors (Lipinski definition) is 1. The van der Waals surface area contributed by atoms with Crippen molar-refractivity contribution < 1.29 is 4.79 Å². The number of hydrogen-bond acceptors (Lipinski definition) is 3. The molecule has 3 aromatic rings. The maximum absolute atomic E-state index is 12.2. The lowest BCUT2D eigenvalue weighted by Crippen LogP contribution is -2.17. The van der Waals surface area contributed by atoms with Crippen LogP contribution in [0.3, 0.4) is 0 Å². The fourth-order valence-electron chi connectivity index (χ4n) is 2.30. The molecule has 0 fully saturated rings. The molecule has 1 amide bonds. The topological polar surface area (TPSA) is 41.5 Å². The molecule has 0 radical (unpaired) electrons. The normalized spacial score (nSPS) is 11.0. The highest BCUT2D eigenvalue weighted by atomic mass is 35.5. The van der Waals surface area contributed by atoms with E-state index in [0.717, 1.165) is 21.2 Å². The van der Waals surface area contributed by atoms with E-state index in [1.165, 1.54) is 6.21 Å². The summed E-state index contributed by atoms with van der Waals surface area (Å²) in [5, 5.41) is 5.59. The molecule has 0 bridgehead atoms.